The molecule has 1 aliphatic heterocycles. The van der Waals surface area contributed by atoms with Crippen LogP contribution in [0.5, 0.6) is 23.3 Å². The zero-order chi connectivity index (χ0) is 21.7. The van der Waals surface area contributed by atoms with E-state index in [1.165, 1.54) is 25.6 Å². The number of nitrogens with zero attached hydrogens (tertiary/aromatic N) is 3. The lowest BCUT2D eigenvalue weighted by Gasteiger charge is -2.31. The lowest BCUT2D eigenvalue weighted by atomic mass is 10.1. The van der Waals surface area contributed by atoms with Crippen molar-refractivity contribution in [1.29, 1.82) is 0 Å². The number of amides is 1. The molecule has 0 spiro atoms. The van der Waals surface area contributed by atoms with Gasteiger partial charge in [-0.15, -0.1) is 0 Å². The molecule has 10 heteroatoms. The Morgan fingerprint density at radius 3 is 2.57 bits per heavy atom. The highest BCUT2D eigenvalue weighted by Crippen LogP contribution is 2.37. The zero-order valence-electron chi connectivity index (χ0n) is 16.9. The molecule has 3 rings (SSSR count). The fourth-order valence-corrected chi connectivity index (χ4v) is 3.26. The van der Waals surface area contributed by atoms with Crippen LogP contribution in [0.4, 0.5) is 9.18 Å². The van der Waals surface area contributed by atoms with E-state index < -0.39 is 5.82 Å². The lowest BCUT2D eigenvalue weighted by molar-refractivity contribution is 0.0499. The SMILES string of the molecule is COc1c(Oc2ccc(Br)cc2F)ncnc1OC1CCN(C(=O)OC(C)C)CC1. The van der Waals surface area contributed by atoms with Gasteiger partial charge < -0.3 is 23.8 Å². The number of carbonyl (C=O) groups is 1. The second-order valence-electron chi connectivity index (χ2n) is 6.93. The summed E-state index contributed by atoms with van der Waals surface area (Å²) in [5, 5.41) is 0. The highest BCUT2D eigenvalue weighted by Gasteiger charge is 2.27. The minimum absolute atomic E-state index is 0.00174. The second-order valence-corrected chi connectivity index (χ2v) is 7.85. The van der Waals surface area contributed by atoms with Crippen LogP contribution in [0.1, 0.15) is 26.7 Å². The van der Waals surface area contributed by atoms with Gasteiger partial charge in [0.1, 0.15) is 12.4 Å². The summed E-state index contributed by atoms with van der Waals surface area (Å²) in [5.74, 6) is -0.141. The van der Waals surface area contributed by atoms with Crippen LogP contribution in [0, 0.1) is 5.82 Å². The van der Waals surface area contributed by atoms with Gasteiger partial charge in [0.15, 0.2) is 11.6 Å². The van der Waals surface area contributed by atoms with E-state index in [9.17, 15) is 9.18 Å². The number of methoxy groups -OCH3 is 1. The van der Waals surface area contributed by atoms with Gasteiger partial charge in [0, 0.05) is 30.4 Å². The van der Waals surface area contributed by atoms with Gasteiger partial charge >= 0.3 is 6.09 Å². The summed E-state index contributed by atoms with van der Waals surface area (Å²) in [6.07, 6.45) is 1.82. The largest absolute Gasteiger partial charge is 0.487 e. The minimum Gasteiger partial charge on any atom is -0.487 e. The van der Waals surface area contributed by atoms with Crippen molar-refractivity contribution >= 4 is 22.0 Å². The first kappa shape index (κ1) is 22.1. The predicted octanol–water partition coefficient (Wildman–Crippen LogP) is 4.57. The number of benzene rings is 1. The molecule has 0 saturated carbocycles. The smallest absolute Gasteiger partial charge is 0.410 e. The first-order chi connectivity index (χ1) is 14.4. The van der Waals surface area contributed by atoms with Crippen LogP contribution < -0.4 is 14.2 Å². The first-order valence-electron chi connectivity index (χ1n) is 9.51. The number of hydrogen-bond acceptors (Lipinski definition) is 7. The van der Waals surface area contributed by atoms with E-state index in [4.69, 9.17) is 18.9 Å². The summed E-state index contributed by atoms with van der Waals surface area (Å²) in [6, 6.07) is 4.42. The summed E-state index contributed by atoms with van der Waals surface area (Å²) < 4.78 is 36.9. The number of aromatic nitrogens is 2. The van der Waals surface area contributed by atoms with Gasteiger partial charge in [-0.25, -0.2) is 9.18 Å². The van der Waals surface area contributed by atoms with Crippen molar-refractivity contribution in [3.05, 3.63) is 34.8 Å². The third-order valence-electron chi connectivity index (χ3n) is 4.36. The van der Waals surface area contributed by atoms with Crippen LogP contribution in [-0.2, 0) is 4.74 Å². The van der Waals surface area contributed by atoms with Crippen LogP contribution in [0.3, 0.4) is 0 Å². The Bertz CT molecular complexity index is 891. The number of hydrogen-bond donors (Lipinski definition) is 0. The van der Waals surface area contributed by atoms with Crippen molar-refractivity contribution in [1.82, 2.24) is 14.9 Å². The standard InChI is InChI=1S/C20H23BrFN3O5/c1-12(2)28-20(26)25-8-6-14(7-9-25)29-18-17(27-3)19(24-11-23-18)30-16-5-4-13(21)10-15(16)22/h4-5,10-12,14H,6-9H2,1-3H3. The molecule has 162 valence electrons. The first-order valence-corrected chi connectivity index (χ1v) is 10.3. The fraction of sp³-hybridized carbons (Fsp3) is 0.450. The van der Waals surface area contributed by atoms with Gasteiger partial charge in [0.25, 0.3) is 11.8 Å². The van der Waals surface area contributed by atoms with Crippen molar-refractivity contribution in [2.45, 2.75) is 38.9 Å². The number of halogens is 2. The summed E-state index contributed by atoms with van der Waals surface area (Å²) in [7, 11) is 1.43. The van der Waals surface area contributed by atoms with Gasteiger partial charge in [-0.3, -0.25) is 0 Å². The molecule has 2 aromatic rings. The number of rotatable bonds is 6. The molecule has 1 fully saturated rings. The van der Waals surface area contributed by atoms with Gasteiger partial charge in [-0.1, -0.05) is 15.9 Å². The summed E-state index contributed by atoms with van der Waals surface area (Å²) >= 11 is 3.20. The summed E-state index contributed by atoms with van der Waals surface area (Å²) in [4.78, 5) is 21.8. The molecule has 0 unspecified atom stereocenters. The average Bonchev–Trinajstić information content (AvgIpc) is 2.70. The molecule has 1 aromatic heterocycles. The normalized spacial score (nSPS) is 14.5. The Kier molecular flexibility index (Phi) is 7.30. The molecule has 1 saturated heterocycles. The fourth-order valence-electron chi connectivity index (χ4n) is 2.93. The molecule has 1 amide bonds. The molecular weight excluding hydrogens is 461 g/mol. The van der Waals surface area contributed by atoms with E-state index in [0.717, 1.165) is 0 Å². The predicted molar refractivity (Wildman–Crippen MR) is 110 cm³/mol. The topological polar surface area (TPSA) is 83.0 Å². The minimum atomic E-state index is -0.548. The Labute approximate surface area is 182 Å². The van der Waals surface area contributed by atoms with Crippen LogP contribution in [-0.4, -0.2) is 53.4 Å². The van der Waals surface area contributed by atoms with Crippen molar-refractivity contribution < 1.29 is 28.1 Å². The lowest BCUT2D eigenvalue weighted by Crippen LogP contribution is -2.42. The molecule has 0 atom stereocenters. The highest BCUT2D eigenvalue weighted by molar-refractivity contribution is 9.10. The Morgan fingerprint density at radius 1 is 1.23 bits per heavy atom. The summed E-state index contributed by atoms with van der Waals surface area (Å²) in [5.41, 5.74) is 0. The molecule has 0 bridgehead atoms. The number of likely N-dealkylation sites (tertiary alicyclic amines) is 1. The van der Waals surface area contributed by atoms with Gasteiger partial charge in [0.05, 0.1) is 13.2 Å². The van der Waals surface area contributed by atoms with Crippen molar-refractivity contribution in [3.63, 3.8) is 0 Å². The third-order valence-corrected chi connectivity index (χ3v) is 4.85. The second kappa shape index (κ2) is 9.92. The van der Waals surface area contributed by atoms with Crippen LogP contribution in [0.2, 0.25) is 0 Å². The zero-order valence-corrected chi connectivity index (χ0v) is 18.5. The summed E-state index contributed by atoms with van der Waals surface area (Å²) in [6.45, 7) is 4.65. The molecular formula is C20H23BrFN3O5. The van der Waals surface area contributed by atoms with Crippen LogP contribution >= 0.6 is 15.9 Å². The van der Waals surface area contributed by atoms with E-state index in [0.29, 0.717) is 30.4 Å². The van der Waals surface area contributed by atoms with Gasteiger partial charge in [-0.2, -0.15) is 9.97 Å². The van der Waals surface area contributed by atoms with Gasteiger partial charge in [0.2, 0.25) is 5.75 Å². The quantitative estimate of drug-likeness (QED) is 0.594. The molecule has 0 aliphatic carbocycles. The Balaban J connectivity index is 1.67. The maximum atomic E-state index is 14.1. The van der Waals surface area contributed by atoms with E-state index in [1.54, 1.807) is 11.0 Å². The average molecular weight is 484 g/mol. The van der Waals surface area contributed by atoms with E-state index >= 15 is 0 Å². The number of carbonyl (C=O) groups excluding carboxylic acids is 1. The molecule has 1 aliphatic rings. The monoisotopic (exact) mass is 483 g/mol. The van der Waals surface area contributed by atoms with Gasteiger partial charge in [-0.05, 0) is 32.0 Å². The molecule has 1 aromatic carbocycles. The van der Waals surface area contributed by atoms with Crippen molar-refractivity contribution in [2.24, 2.45) is 0 Å². The Hall–Kier alpha value is -2.62. The van der Waals surface area contributed by atoms with E-state index in [1.807, 2.05) is 13.8 Å². The van der Waals surface area contributed by atoms with E-state index in [-0.39, 0.29) is 41.6 Å². The van der Waals surface area contributed by atoms with Crippen LogP contribution in [0.15, 0.2) is 29.0 Å². The Morgan fingerprint density at radius 2 is 1.93 bits per heavy atom. The third kappa shape index (κ3) is 5.50. The van der Waals surface area contributed by atoms with Crippen LogP contribution in [0.25, 0.3) is 0 Å². The molecule has 2 heterocycles. The number of piperidine rings is 1. The van der Waals surface area contributed by atoms with Crippen molar-refractivity contribution in [2.75, 3.05) is 20.2 Å². The maximum Gasteiger partial charge on any atom is 0.410 e. The maximum absolute atomic E-state index is 14.1. The molecule has 0 N–H and O–H groups in total. The molecule has 8 nitrogen and oxygen atoms in total. The van der Waals surface area contributed by atoms with Crippen molar-refractivity contribution in [3.8, 4) is 23.3 Å². The molecule has 30 heavy (non-hydrogen) atoms. The van der Waals surface area contributed by atoms with E-state index in [2.05, 4.69) is 25.9 Å². The number of ether oxygens (including phenoxy) is 4. The molecule has 0 radical (unpaired) electrons. The highest BCUT2D eigenvalue weighted by atomic mass is 79.9.